The second kappa shape index (κ2) is 12.5. The first-order valence-electron chi connectivity index (χ1n) is 10.2. The lowest BCUT2D eigenvalue weighted by Gasteiger charge is -2.09. The Morgan fingerprint density at radius 2 is 1.65 bits per heavy atom. The van der Waals surface area contributed by atoms with Crippen molar-refractivity contribution in [2.24, 2.45) is 5.73 Å². The number of hydrogen-bond donors (Lipinski definition) is 4. The first-order valence-corrected chi connectivity index (χ1v) is 11.7. The maximum Gasteiger partial charge on any atom is 0.276 e. The smallest absolute Gasteiger partial charge is 0.276 e. The minimum Gasteiger partial charge on any atom is -0.382 e. The fourth-order valence-corrected chi connectivity index (χ4v) is 3.53. The summed E-state index contributed by atoms with van der Waals surface area (Å²) in [5.41, 5.74) is 5.07. The Balaban J connectivity index is 1.98. The molecule has 0 saturated heterocycles. The van der Waals surface area contributed by atoms with Crippen molar-refractivity contribution in [1.82, 2.24) is 20.3 Å². The van der Waals surface area contributed by atoms with Crippen molar-refractivity contribution in [3.63, 3.8) is 0 Å². The molecule has 2 aromatic rings. The minimum atomic E-state index is -4.24. The van der Waals surface area contributed by atoms with Crippen molar-refractivity contribution < 1.29 is 32.3 Å². The molecule has 0 aliphatic rings. The second-order valence-electron chi connectivity index (χ2n) is 6.78. The maximum atomic E-state index is 12.5. The van der Waals surface area contributed by atoms with Crippen LogP contribution in [0.5, 0.6) is 0 Å². The van der Waals surface area contributed by atoms with E-state index in [1.165, 1.54) is 30.3 Å². The molecule has 12 nitrogen and oxygen atoms in total. The van der Waals surface area contributed by atoms with Gasteiger partial charge in [0, 0.05) is 31.5 Å². The van der Waals surface area contributed by atoms with Gasteiger partial charge in [0.05, 0.1) is 17.0 Å². The van der Waals surface area contributed by atoms with Crippen molar-refractivity contribution in [3.05, 3.63) is 59.4 Å². The van der Waals surface area contributed by atoms with Gasteiger partial charge in [-0.1, -0.05) is 0 Å². The molecule has 1 aromatic carbocycles. The molecule has 0 bridgehead atoms. The number of carbonyl (C=O) groups is 4. The van der Waals surface area contributed by atoms with Crippen LogP contribution < -0.4 is 21.1 Å². The van der Waals surface area contributed by atoms with Gasteiger partial charge in [-0.2, -0.15) is 0 Å². The number of imide groups is 1. The average molecular weight is 492 g/mol. The van der Waals surface area contributed by atoms with Gasteiger partial charge >= 0.3 is 0 Å². The lowest BCUT2D eigenvalue weighted by Crippen LogP contribution is -2.36. The van der Waals surface area contributed by atoms with Crippen molar-refractivity contribution in [2.75, 3.05) is 26.3 Å². The van der Waals surface area contributed by atoms with Gasteiger partial charge in [-0.15, -0.1) is 0 Å². The number of pyridine rings is 1. The van der Waals surface area contributed by atoms with E-state index < -0.39 is 27.7 Å². The van der Waals surface area contributed by atoms with Gasteiger partial charge in [0.25, 0.3) is 27.7 Å². The highest BCUT2D eigenvalue weighted by atomic mass is 32.2. The normalized spacial score (nSPS) is 10.9. The van der Waals surface area contributed by atoms with Gasteiger partial charge < -0.3 is 15.8 Å². The molecule has 13 heteroatoms. The van der Waals surface area contributed by atoms with Gasteiger partial charge in [-0.3, -0.25) is 29.5 Å². The van der Waals surface area contributed by atoms with E-state index in [0.29, 0.717) is 26.2 Å². The zero-order chi connectivity index (χ0) is 25.1. The highest BCUT2D eigenvalue weighted by molar-refractivity contribution is 7.90. The highest BCUT2D eigenvalue weighted by Crippen LogP contribution is 2.12. The van der Waals surface area contributed by atoms with Crippen LogP contribution in [-0.4, -0.2) is 63.3 Å². The summed E-state index contributed by atoms with van der Waals surface area (Å²) in [6.45, 7) is 3.01. The van der Waals surface area contributed by atoms with Crippen LogP contribution in [0.1, 0.15) is 44.5 Å². The van der Waals surface area contributed by atoms with E-state index in [2.05, 4.69) is 10.3 Å². The largest absolute Gasteiger partial charge is 0.382 e. The molecule has 2 rings (SSSR count). The summed E-state index contributed by atoms with van der Waals surface area (Å²) in [4.78, 5) is 50.9. The molecular formula is C21H25N5O7S. The lowest BCUT2D eigenvalue weighted by atomic mass is 10.2. The highest BCUT2D eigenvalue weighted by Gasteiger charge is 2.20. The van der Waals surface area contributed by atoms with E-state index in [1.807, 2.05) is 17.0 Å². The Hall–Kier alpha value is -3.68. The molecule has 5 N–H and O–H groups in total. The van der Waals surface area contributed by atoms with Crippen LogP contribution in [0, 0.1) is 0 Å². The summed E-state index contributed by atoms with van der Waals surface area (Å²) in [6.07, 6.45) is 1.64. The summed E-state index contributed by atoms with van der Waals surface area (Å²) in [6, 6.07) is 7.39. The van der Waals surface area contributed by atoms with E-state index >= 15 is 0 Å². The molecule has 0 unspecified atom stereocenters. The number of benzene rings is 1. The molecule has 1 heterocycles. The third kappa shape index (κ3) is 7.72. The fraction of sp³-hybridized carbons (Fsp3) is 0.286. The Kier molecular flexibility index (Phi) is 9.79. The predicted octanol–water partition coefficient (Wildman–Crippen LogP) is -0.428. The Morgan fingerprint density at radius 1 is 0.971 bits per heavy atom. The van der Waals surface area contributed by atoms with E-state index in [4.69, 9.17) is 10.5 Å². The Morgan fingerprint density at radius 3 is 2.24 bits per heavy atom. The summed E-state index contributed by atoms with van der Waals surface area (Å²) in [5.74, 6) is -2.86. The number of hydrogen-bond acceptors (Lipinski definition) is 9. The molecule has 0 aliphatic carbocycles. The molecule has 0 spiro atoms. The van der Waals surface area contributed by atoms with Crippen molar-refractivity contribution in [1.29, 1.82) is 0 Å². The van der Waals surface area contributed by atoms with Crippen LogP contribution in [0.25, 0.3) is 0 Å². The van der Waals surface area contributed by atoms with Crippen LogP contribution in [0.4, 0.5) is 0 Å². The maximum absolute atomic E-state index is 12.5. The quantitative estimate of drug-likeness (QED) is 0.303. The van der Waals surface area contributed by atoms with Gasteiger partial charge in [0.2, 0.25) is 5.91 Å². The van der Waals surface area contributed by atoms with Crippen LogP contribution in [0.2, 0.25) is 0 Å². The van der Waals surface area contributed by atoms with Crippen LogP contribution >= 0.6 is 0 Å². The lowest BCUT2D eigenvalue weighted by molar-refractivity contribution is -0.118. The molecular weight excluding hydrogens is 466 g/mol. The topological polar surface area (TPSA) is 187 Å². The van der Waals surface area contributed by atoms with E-state index in [9.17, 15) is 27.6 Å². The number of aromatic nitrogens is 1. The number of nitrogens with two attached hydrogens (primary N) is 1. The van der Waals surface area contributed by atoms with Crippen LogP contribution in [-0.2, 0) is 19.6 Å². The molecule has 0 aliphatic heterocycles. The number of rotatable bonds is 11. The molecule has 0 atom stereocenters. The van der Waals surface area contributed by atoms with Crippen molar-refractivity contribution in [2.45, 2.75) is 18.2 Å². The number of sulfonamides is 1. The van der Waals surface area contributed by atoms with E-state index in [1.54, 1.807) is 0 Å². The predicted molar refractivity (Wildman–Crippen MR) is 120 cm³/mol. The standard InChI is InChI=1S/C21H25N5O7S/c1-2-33-11-3-10-23-19(28)14-4-7-16(8-5-14)34(31,32)26-20(29)15-6-9-17(24-13-15)21(30)25-18(27)12-22/h4-9,13H,2-3,10-12,22H2,1H3,(H,23,28)(H,26,29)(H,25,27,30). The number of carbonyl (C=O) groups excluding carboxylic acids is 4. The average Bonchev–Trinajstić information content (AvgIpc) is 2.83. The number of ether oxygens (including phenoxy) is 1. The zero-order valence-electron chi connectivity index (χ0n) is 18.4. The van der Waals surface area contributed by atoms with E-state index in [0.717, 1.165) is 12.3 Å². The number of amides is 4. The molecule has 1 aromatic heterocycles. The Labute approximate surface area is 196 Å². The monoisotopic (exact) mass is 491 g/mol. The van der Waals surface area contributed by atoms with Gasteiger partial charge in [-0.25, -0.2) is 13.1 Å². The molecule has 0 fully saturated rings. The molecule has 182 valence electrons. The van der Waals surface area contributed by atoms with Crippen LogP contribution in [0.3, 0.4) is 0 Å². The molecule has 4 amide bonds. The number of nitrogens with zero attached hydrogens (tertiary/aromatic N) is 1. The first-order chi connectivity index (χ1) is 16.2. The summed E-state index contributed by atoms with van der Waals surface area (Å²) < 4.78 is 32.1. The first kappa shape index (κ1) is 26.6. The zero-order valence-corrected chi connectivity index (χ0v) is 19.2. The molecule has 0 radical (unpaired) electrons. The van der Waals surface area contributed by atoms with Crippen molar-refractivity contribution >= 4 is 33.7 Å². The summed E-state index contributed by atoms with van der Waals surface area (Å²) in [5, 5.41) is 4.69. The van der Waals surface area contributed by atoms with Crippen LogP contribution in [0.15, 0.2) is 47.5 Å². The molecule has 0 saturated carbocycles. The third-order valence-electron chi connectivity index (χ3n) is 4.31. The van der Waals surface area contributed by atoms with Gasteiger partial charge in [0.1, 0.15) is 5.69 Å². The Bertz CT molecular complexity index is 1130. The molecule has 34 heavy (non-hydrogen) atoms. The third-order valence-corrected chi connectivity index (χ3v) is 5.65. The minimum absolute atomic E-state index is 0.131. The van der Waals surface area contributed by atoms with Gasteiger partial charge in [0.15, 0.2) is 0 Å². The van der Waals surface area contributed by atoms with E-state index in [-0.39, 0.29) is 34.2 Å². The summed E-state index contributed by atoms with van der Waals surface area (Å²) >= 11 is 0. The SMILES string of the molecule is CCOCCCNC(=O)c1ccc(S(=O)(=O)NC(=O)c2ccc(C(=O)NC(=O)CN)nc2)cc1. The fourth-order valence-electron chi connectivity index (χ4n) is 2.55. The van der Waals surface area contributed by atoms with Crippen molar-refractivity contribution in [3.8, 4) is 0 Å². The summed E-state index contributed by atoms with van der Waals surface area (Å²) in [7, 11) is -4.24. The number of nitrogens with one attached hydrogen (secondary N) is 3. The second-order valence-corrected chi connectivity index (χ2v) is 8.46. The van der Waals surface area contributed by atoms with Gasteiger partial charge in [-0.05, 0) is 49.7 Å².